The third-order valence-electron chi connectivity index (χ3n) is 2.79. The first kappa shape index (κ1) is 17.3. The van der Waals surface area contributed by atoms with Crippen molar-refractivity contribution in [3.8, 4) is 0 Å². The molecule has 0 heterocycles. The molecule has 0 fully saturated rings. The van der Waals surface area contributed by atoms with E-state index in [4.69, 9.17) is 5.73 Å². The zero-order valence-corrected chi connectivity index (χ0v) is 10.6. The van der Waals surface area contributed by atoms with Crippen LogP contribution in [0.25, 0.3) is 0 Å². The molecule has 0 aliphatic heterocycles. The van der Waals surface area contributed by atoms with Crippen LogP contribution in [0.3, 0.4) is 0 Å². The fraction of sp³-hybridized carbons (Fsp3) is 0.417. The fourth-order valence-electron chi connectivity index (χ4n) is 1.70. The highest BCUT2D eigenvalue weighted by Crippen LogP contribution is 2.27. The van der Waals surface area contributed by atoms with Crippen LogP contribution in [0.5, 0.6) is 0 Å². The highest BCUT2D eigenvalue weighted by Gasteiger charge is 2.41. The number of benzene rings is 1. The molecule has 0 saturated carbocycles. The van der Waals surface area contributed by atoms with Gasteiger partial charge in [-0.2, -0.15) is 13.2 Å². The molecule has 0 spiro atoms. The Balaban J connectivity index is 3.11. The Bertz CT molecular complexity index is 500. The van der Waals surface area contributed by atoms with Gasteiger partial charge in [-0.05, 0) is 17.7 Å². The maximum atomic E-state index is 13.2. The first-order valence-corrected chi connectivity index (χ1v) is 5.65. The molecule has 0 saturated heterocycles. The summed E-state index contributed by atoms with van der Waals surface area (Å²) in [6.45, 7) is -3.36. The lowest BCUT2D eigenvalue weighted by Gasteiger charge is -2.28. The Labute approximate surface area is 116 Å². The fourth-order valence-corrected chi connectivity index (χ4v) is 1.70. The smallest absolute Gasteiger partial charge is 0.411 e. The molecule has 1 unspecified atom stereocenters. The topological polar surface area (TPSA) is 72.5 Å². The van der Waals surface area contributed by atoms with Gasteiger partial charge in [-0.3, -0.25) is 4.79 Å². The van der Waals surface area contributed by atoms with Crippen molar-refractivity contribution in [3.63, 3.8) is 0 Å². The molecular weight excluding hydrogens is 301 g/mol. The van der Waals surface area contributed by atoms with E-state index in [2.05, 4.69) is 4.74 Å². The standard InChI is InChI=1S/C12H12F5NO3/c13-8-1-7(2-9(14)3-8)11(4-18,10(19)20)5-21-6-12(15,16)17/h1-3H,4-6,18H2,(H,19,20). The second kappa shape index (κ2) is 6.35. The van der Waals surface area contributed by atoms with Gasteiger partial charge in [0.05, 0.1) is 6.61 Å². The molecule has 4 nitrogen and oxygen atoms in total. The van der Waals surface area contributed by atoms with E-state index in [-0.39, 0.29) is 0 Å². The molecule has 0 bridgehead atoms. The summed E-state index contributed by atoms with van der Waals surface area (Å²) in [6.07, 6.45) is -4.66. The monoisotopic (exact) mass is 313 g/mol. The van der Waals surface area contributed by atoms with Crippen molar-refractivity contribution in [1.29, 1.82) is 0 Å². The number of carboxylic acid groups (broad SMARTS) is 1. The van der Waals surface area contributed by atoms with E-state index < -0.39 is 54.5 Å². The molecule has 1 aromatic carbocycles. The van der Waals surface area contributed by atoms with Gasteiger partial charge in [0, 0.05) is 12.6 Å². The summed E-state index contributed by atoms with van der Waals surface area (Å²) >= 11 is 0. The van der Waals surface area contributed by atoms with Crippen molar-refractivity contribution in [1.82, 2.24) is 0 Å². The van der Waals surface area contributed by atoms with Gasteiger partial charge in [0.25, 0.3) is 0 Å². The average Bonchev–Trinajstić information content (AvgIpc) is 2.31. The summed E-state index contributed by atoms with van der Waals surface area (Å²) in [5.74, 6) is -3.78. The van der Waals surface area contributed by atoms with E-state index in [1.165, 1.54) is 0 Å². The van der Waals surface area contributed by atoms with Crippen molar-refractivity contribution in [2.75, 3.05) is 19.8 Å². The Morgan fingerprint density at radius 3 is 2.05 bits per heavy atom. The maximum absolute atomic E-state index is 13.2. The summed E-state index contributed by atoms with van der Waals surface area (Å²) in [4.78, 5) is 11.3. The summed E-state index contributed by atoms with van der Waals surface area (Å²) in [7, 11) is 0. The van der Waals surface area contributed by atoms with Crippen LogP contribution in [0.1, 0.15) is 5.56 Å². The molecule has 1 aromatic rings. The van der Waals surface area contributed by atoms with Crippen LogP contribution in [0.4, 0.5) is 22.0 Å². The zero-order chi connectivity index (χ0) is 16.3. The molecule has 0 amide bonds. The van der Waals surface area contributed by atoms with Gasteiger partial charge in [-0.1, -0.05) is 0 Å². The van der Waals surface area contributed by atoms with Crippen molar-refractivity contribution >= 4 is 5.97 Å². The van der Waals surface area contributed by atoms with Gasteiger partial charge >= 0.3 is 12.1 Å². The zero-order valence-electron chi connectivity index (χ0n) is 10.6. The minimum Gasteiger partial charge on any atom is -0.480 e. The number of rotatable bonds is 6. The second-order valence-corrected chi connectivity index (χ2v) is 4.36. The number of halogens is 5. The molecule has 0 radical (unpaired) electrons. The molecule has 118 valence electrons. The van der Waals surface area contributed by atoms with Crippen LogP contribution < -0.4 is 5.73 Å². The first-order chi connectivity index (χ1) is 9.60. The quantitative estimate of drug-likeness (QED) is 0.786. The van der Waals surface area contributed by atoms with E-state index in [1.807, 2.05) is 0 Å². The number of nitrogens with two attached hydrogens (primary N) is 1. The minimum atomic E-state index is -4.66. The lowest BCUT2D eigenvalue weighted by Crippen LogP contribution is -2.47. The summed E-state index contributed by atoms with van der Waals surface area (Å²) < 4.78 is 66.8. The Morgan fingerprint density at radius 2 is 1.67 bits per heavy atom. The van der Waals surface area contributed by atoms with Crippen LogP contribution in [0.15, 0.2) is 18.2 Å². The molecule has 3 N–H and O–H groups in total. The van der Waals surface area contributed by atoms with Crippen LogP contribution in [-0.2, 0) is 14.9 Å². The normalized spacial score (nSPS) is 14.8. The molecule has 1 atom stereocenters. The lowest BCUT2D eigenvalue weighted by molar-refractivity contribution is -0.181. The molecule has 1 rings (SSSR count). The third kappa shape index (κ3) is 4.36. The van der Waals surface area contributed by atoms with Crippen molar-refractivity contribution in [2.45, 2.75) is 11.6 Å². The third-order valence-corrected chi connectivity index (χ3v) is 2.79. The average molecular weight is 313 g/mol. The van der Waals surface area contributed by atoms with Crippen LogP contribution in [0.2, 0.25) is 0 Å². The number of aliphatic carboxylic acids is 1. The van der Waals surface area contributed by atoms with E-state index in [9.17, 15) is 31.9 Å². The molecule has 0 aliphatic carbocycles. The molecule has 0 aromatic heterocycles. The molecule has 0 aliphatic rings. The van der Waals surface area contributed by atoms with Crippen molar-refractivity contribution < 1.29 is 36.6 Å². The number of ether oxygens (including phenoxy) is 1. The van der Waals surface area contributed by atoms with Gasteiger partial charge in [-0.25, -0.2) is 8.78 Å². The molecule has 21 heavy (non-hydrogen) atoms. The van der Waals surface area contributed by atoms with E-state index in [0.717, 1.165) is 0 Å². The first-order valence-electron chi connectivity index (χ1n) is 5.65. The summed E-state index contributed by atoms with van der Waals surface area (Å²) in [6, 6.07) is 1.89. The SMILES string of the molecule is NCC(COCC(F)(F)F)(C(=O)O)c1cc(F)cc(F)c1. The van der Waals surface area contributed by atoms with Crippen LogP contribution >= 0.6 is 0 Å². The van der Waals surface area contributed by atoms with Crippen LogP contribution in [0, 0.1) is 11.6 Å². The van der Waals surface area contributed by atoms with Gasteiger partial charge in [0.1, 0.15) is 23.7 Å². The highest BCUT2D eigenvalue weighted by molar-refractivity contribution is 5.82. The van der Waals surface area contributed by atoms with E-state index >= 15 is 0 Å². The number of carboxylic acids is 1. The number of hydrogen-bond acceptors (Lipinski definition) is 3. The Kier molecular flexibility index (Phi) is 5.24. The minimum absolute atomic E-state index is 0.405. The van der Waals surface area contributed by atoms with E-state index in [0.29, 0.717) is 18.2 Å². The number of alkyl halides is 3. The lowest BCUT2D eigenvalue weighted by atomic mass is 9.81. The van der Waals surface area contributed by atoms with Crippen molar-refractivity contribution in [2.24, 2.45) is 5.73 Å². The molecular formula is C12H12F5NO3. The van der Waals surface area contributed by atoms with Gasteiger partial charge in [0.15, 0.2) is 0 Å². The van der Waals surface area contributed by atoms with Crippen molar-refractivity contribution in [3.05, 3.63) is 35.4 Å². The van der Waals surface area contributed by atoms with Crippen LogP contribution in [-0.4, -0.2) is 37.0 Å². The van der Waals surface area contributed by atoms with Gasteiger partial charge in [0.2, 0.25) is 0 Å². The largest absolute Gasteiger partial charge is 0.480 e. The second-order valence-electron chi connectivity index (χ2n) is 4.36. The predicted molar refractivity (Wildman–Crippen MR) is 61.6 cm³/mol. The Morgan fingerprint density at radius 1 is 1.14 bits per heavy atom. The predicted octanol–water partition coefficient (Wildman–Crippen LogP) is 1.82. The number of carbonyl (C=O) groups is 1. The summed E-state index contributed by atoms with van der Waals surface area (Å²) in [5.41, 5.74) is 2.73. The Hall–Kier alpha value is -1.74. The van der Waals surface area contributed by atoms with E-state index in [1.54, 1.807) is 0 Å². The molecule has 9 heteroatoms. The number of hydrogen-bond donors (Lipinski definition) is 2. The highest BCUT2D eigenvalue weighted by atomic mass is 19.4. The maximum Gasteiger partial charge on any atom is 0.411 e. The van der Waals surface area contributed by atoms with Gasteiger partial charge < -0.3 is 15.6 Å². The summed E-state index contributed by atoms with van der Waals surface area (Å²) in [5, 5.41) is 9.20. The van der Waals surface area contributed by atoms with Gasteiger partial charge in [-0.15, -0.1) is 0 Å².